The fourth-order valence-electron chi connectivity index (χ4n) is 2.52. The minimum atomic E-state index is -0.110. The quantitative estimate of drug-likeness (QED) is 0.664. The molecule has 1 rings (SSSR count). The fraction of sp³-hybridized carbons (Fsp3) is 0.917. The number of rotatable bonds is 0. The Labute approximate surface area is 93.2 Å². The van der Waals surface area contributed by atoms with Gasteiger partial charge in [0.05, 0.1) is 6.04 Å². The molecule has 0 radical (unpaired) electrons. The van der Waals surface area contributed by atoms with Crippen molar-refractivity contribution < 1.29 is 4.79 Å². The van der Waals surface area contributed by atoms with Crippen LogP contribution in [0.4, 0.5) is 0 Å². The van der Waals surface area contributed by atoms with Gasteiger partial charge in [-0.25, -0.2) is 0 Å². The first-order valence-electron chi connectivity index (χ1n) is 5.74. The third kappa shape index (κ3) is 2.51. The van der Waals surface area contributed by atoms with Gasteiger partial charge in [0.15, 0.2) is 0 Å². The van der Waals surface area contributed by atoms with Crippen LogP contribution in [-0.2, 0) is 4.79 Å². The summed E-state index contributed by atoms with van der Waals surface area (Å²) < 4.78 is 0. The van der Waals surface area contributed by atoms with E-state index in [1.54, 1.807) is 0 Å². The molecule has 0 spiro atoms. The van der Waals surface area contributed by atoms with Crippen molar-refractivity contribution in [3.63, 3.8) is 0 Å². The van der Waals surface area contributed by atoms with Crippen LogP contribution in [0.15, 0.2) is 0 Å². The van der Waals surface area contributed by atoms with Crippen LogP contribution in [0.2, 0.25) is 0 Å². The Kier molecular flexibility index (Phi) is 3.15. The standard InChI is InChI=1S/C12H24N2O/c1-9-10(15)14(11(2,3)4)12(5,6)7-8-13-9/h9,13H,7-8H2,1-6H3. The van der Waals surface area contributed by atoms with Crippen LogP contribution >= 0.6 is 0 Å². The van der Waals surface area contributed by atoms with Crippen molar-refractivity contribution in [2.45, 2.75) is 65.1 Å². The first kappa shape index (κ1) is 12.5. The molecule has 15 heavy (non-hydrogen) atoms. The lowest BCUT2D eigenvalue weighted by molar-refractivity contribution is -0.143. The van der Waals surface area contributed by atoms with E-state index >= 15 is 0 Å². The molecule has 3 heteroatoms. The van der Waals surface area contributed by atoms with Gasteiger partial charge in [-0.05, 0) is 54.5 Å². The molecule has 3 nitrogen and oxygen atoms in total. The Hall–Kier alpha value is -0.570. The molecule has 0 aromatic rings. The molecule has 1 aliphatic rings. The molecule has 1 atom stereocenters. The Balaban J connectivity index is 3.07. The molecule has 1 unspecified atom stereocenters. The summed E-state index contributed by atoms with van der Waals surface area (Å²) in [6.07, 6.45) is 1.00. The summed E-state index contributed by atoms with van der Waals surface area (Å²) >= 11 is 0. The zero-order valence-corrected chi connectivity index (χ0v) is 10.8. The van der Waals surface area contributed by atoms with Crippen LogP contribution in [0.1, 0.15) is 48.0 Å². The fourth-order valence-corrected chi connectivity index (χ4v) is 2.52. The molecule has 1 heterocycles. The zero-order chi connectivity index (χ0) is 11.9. The molecule has 1 amide bonds. The lowest BCUT2D eigenvalue weighted by Crippen LogP contribution is -2.58. The molecular weight excluding hydrogens is 188 g/mol. The third-order valence-electron chi connectivity index (χ3n) is 3.05. The Morgan fingerprint density at radius 1 is 1.40 bits per heavy atom. The van der Waals surface area contributed by atoms with Gasteiger partial charge in [-0.15, -0.1) is 0 Å². The predicted molar refractivity (Wildman–Crippen MR) is 62.8 cm³/mol. The minimum absolute atomic E-state index is 0.0624. The molecule has 0 aliphatic carbocycles. The van der Waals surface area contributed by atoms with E-state index in [1.165, 1.54) is 0 Å². The number of carbonyl (C=O) groups excluding carboxylic acids is 1. The highest BCUT2D eigenvalue weighted by molar-refractivity contribution is 5.83. The Morgan fingerprint density at radius 3 is 2.40 bits per heavy atom. The van der Waals surface area contributed by atoms with Gasteiger partial charge in [-0.2, -0.15) is 0 Å². The summed E-state index contributed by atoms with van der Waals surface area (Å²) in [6.45, 7) is 13.5. The van der Waals surface area contributed by atoms with E-state index in [1.807, 2.05) is 11.8 Å². The maximum absolute atomic E-state index is 12.3. The van der Waals surface area contributed by atoms with E-state index in [-0.39, 0.29) is 23.0 Å². The van der Waals surface area contributed by atoms with Crippen molar-refractivity contribution in [2.75, 3.05) is 6.54 Å². The summed E-state index contributed by atoms with van der Waals surface area (Å²) in [6, 6.07) is -0.0639. The zero-order valence-electron chi connectivity index (χ0n) is 10.8. The summed E-state index contributed by atoms with van der Waals surface area (Å²) in [5.74, 6) is 0.213. The van der Waals surface area contributed by atoms with Crippen molar-refractivity contribution in [2.24, 2.45) is 0 Å². The first-order chi connectivity index (χ1) is 6.66. The van der Waals surface area contributed by atoms with Crippen LogP contribution in [0.5, 0.6) is 0 Å². The molecular formula is C12H24N2O. The van der Waals surface area contributed by atoms with E-state index in [0.717, 1.165) is 13.0 Å². The topological polar surface area (TPSA) is 32.3 Å². The molecule has 1 fully saturated rings. The molecule has 0 aromatic heterocycles. The van der Waals surface area contributed by atoms with Crippen molar-refractivity contribution in [1.29, 1.82) is 0 Å². The van der Waals surface area contributed by atoms with Crippen LogP contribution in [0, 0.1) is 0 Å². The number of nitrogens with zero attached hydrogens (tertiary/aromatic N) is 1. The van der Waals surface area contributed by atoms with Crippen molar-refractivity contribution in [3.8, 4) is 0 Å². The lowest BCUT2D eigenvalue weighted by atomic mass is 9.91. The van der Waals surface area contributed by atoms with Gasteiger partial charge in [0.25, 0.3) is 0 Å². The highest BCUT2D eigenvalue weighted by Gasteiger charge is 2.41. The largest absolute Gasteiger partial charge is 0.331 e. The number of nitrogens with one attached hydrogen (secondary N) is 1. The van der Waals surface area contributed by atoms with Gasteiger partial charge in [0, 0.05) is 11.1 Å². The normalized spacial score (nSPS) is 27.7. The second-order valence-electron chi connectivity index (χ2n) is 6.08. The molecule has 1 saturated heterocycles. The predicted octanol–water partition coefficient (Wildman–Crippen LogP) is 1.77. The van der Waals surface area contributed by atoms with Gasteiger partial charge >= 0.3 is 0 Å². The summed E-state index contributed by atoms with van der Waals surface area (Å²) in [5, 5.41) is 3.26. The van der Waals surface area contributed by atoms with Crippen LogP contribution in [-0.4, -0.2) is 34.5 Å². The number of amides is 1. The van der Waals surface area contributed by atoms with E-state index in [0.29, 0.717) is 0 Å². The Bertz CT molecular complexity index is 253. The third-order valence-corrected chi connectivity index (χ3v) is 3.05. The van der Waals surface area contributed by atoms with Gasteiger partial charge in [0.1, 0.15) is 0 Å². The molecule has 1 aliphatic heterocycles. The molecule has 88 valence electrons. The van der Waals surface area contributed by atoms with E-state index in [2.05, 4.69) is 39.9 Å². The maximum Gasteiger partial charge on any atom is 0.240 e. The van der Waals surface area contributed by atoms with Crippen molar-refractivity contribution in [3.05, 3.63) is 0 Å². The molecule has 0 aromatic carbocycles. The van der Waals surface area contributed by atoms with Gasteiger partial charge in [-0.1, -0.05) is 0 Å². The van der Waals surface area contributed by atoms with Crippen LogP contribution in [0.3, 0.4) is 0 Å². The van der Waals surface area contributed by atoms with E-state index in [4.69, 9.17) is 0 Å². The Morgan fingerprint density at radius 2 is 1.93 bits per heavy atom. The van der Waals surface area contributed by atoms with Gasteiger partial charge in [0.2, 0.25) is 5.91 Å². The highest BCUT2D eigenvalue weighted by Crippen LogP contribution is 2.30. The number of hydrogen-bond acceptors (Lipinski definition) is 2. The monoisotopic (exact) mass is 212 g/mol. The second-order valence-corrected chi connectivity index (χ2v) is 6.08. The van der Waals surface area contributed by atoms with Gasteiger partial charge in [-0.3, -0.25) is 4.79 Å². The van der Waals surface area contributed by atoms with E-state index < -0.39 is 0 Å². The first-order valence-corrected chi connectivity index (χ1v) is 5.74. The summed E-state index contributed by atoms with van der Waals surface area (Å²) in [5.41, 5.74) is -0.173. The molecule has 0 bridgehead atoms. The average molecular weight is 212 g/mol. The number of hydrogen-bond donors (Lipinski definition) is 1. The maximum atomic E-state index is 12.3. The highest BCUT2D eigenvalue weighted by atomic mass is 16.2. The van der Waals surface area contributed by atoms with Crippen molar-refractivity contribution >= 4 is 5.91 Å². The lowest BCUT2D eigenvalue weighted by Gasteiger charge is -2.46. The second kappa shape index (κ2) is 3.78. The number of carbonyl (C=O) groups is 1. The molecule has 0 saturated carbocycles. The summed E-state index contributed by atoms with van der Waals surface area (Å²) in [4.78, 5) is 14.3. The van der Waals surface area contributed by atoms with Crippen LogP contribution in [0.25, 0.3) is 0 Å². The van der Waals surface area contributed by atoms with Gasteiger partial charge < -0.3 is 10.2 Å². The smallest absolute Gasteiger partial charge is 0.240 e. The summed E-state index contributed by atoms with van der Waals surface area (Å²) in [7, 11) is 0. The molecule has 1 N–H and O–H groups in total. The van der Waals surface area contributed by atoms with Crippen LogP contribution < -0.4 is 5.32 Å². The van der Waals surface area contributed by atoms with E-state index in [9.17, 15) is 4.79 Å². The average Bonchev–Trinajstić information content (AvgIpc) is 2.07. The minimum Gasteiger partial charge on any atom is -0.331 e. The SMILES string of the molecule is CC1NCCC(C)(C)N(C(C)(C)C)C1=O. The van der Waals surface area contributed by atoms with Crippen molar-refractivity contribution in [1.82, 2.24) is 10.2 Å².